The summed E-state index contributed by atoms with van der Waals surface area (Å²) in [5, 5.41) is 2.39. The molecule has 0 saturated carbocycles. The van der Waals surface area contributed by atoms with Crippen molar-refractivity contribution in [2.45, 2.75) is 26.3 Å². The molecule has 0 aliphatic carbocycles. The van der Waals surface area contributed by atoms with Crippen LogP contribution in [0.1, 0.15) is 25.8 Å². The largest absolute Gasteiger partial charge is 0.297 e. The Labute approximate surface area is 220 Å². The Morgan fingerprint density at radius 1 is 0.829 bits per heavy atom. The molecule has 0 spiro atoms. The van der Waals surface area contributed by atoms with Crippen LogP contribution < -0.4 is 5.56 Å². The first-order chi connectivity index (χ1) is 16.8. The molecule has 0 fully saturated rings. The van der Waals surface area contributed by atoms with E-state index in [9.17, 15) is 4.79 Å². The molecule has 6 heteroatoms. The lowest BCUT2D eigenvalue weighted by molar-refractivity contribution is 0.245. The normalized spacial score (nSPS) is 14.5. The maximum Gasteiger partial charge on any atom is 0.255 e. The second-order valence-electron chi connectivity index (χ2n) is 9.08. The standard InChI is InChI=1S/C29H25Cl3N2O/c1-18(2)33-14-12-19(13-15-33)20-16-23(21-6-3-4-7-24(21)30)22-10-11-28(35)34(27(22)17-20)29-25(31)8-5-9-26(29)32/h3-12,16-18H,13-15H2,1-2H3. The SMILES string of the molecule is CC(C)N1CC=C(c2cc(-c3ccccc3Cl)c3ccc(=O)n(-c4c(Cl)cccc4Cl)c3c2)CC1. The molecule has 0 atom stereocenters. The van der Waals surface area contributed by atoms with Gasteiger partial charge in [0, 0.05) is 41.2 Å². The van der Waals surface area contributed by atoms with Gasteiger partial charge in [0.05, 0.1) is 21.2 Å². The first-order valence-corrected chi connectivity index (χ1v) is 12.8. The highest BCUT2D eigenvalue weighted by Crippen LogP contribution is 2.38. The number of para-hydroxylation sites is 1. The monoisotopic (exact) mass is 522 g/mol. The number of hydrogen-bond donors (Lipinski definition) is 0. The first kappa shape index (κ1) is 24.1. The van der Waals surface area contributed by atoms with Crippen LogP contribution in [-0.2, 0) is 0 Å². The van der Waals surface area contributed by atoms with E-state index in [1.165, 1.54) is 5.57 Å². The lowest BCUT2D eigenvalue weighted by Crippen LogP contribution is -2.34. The van der Waals surface area contributed by atoms with E-state index in [0.717, 1.165) is 47.1 Å². The molecule has 0 amide bonds. The van der Waals surface area contributed by atoms with E-state index < -0.39 is 0 Å². The molecule has 35 heavy (non-hydrogen) atoms. The number of pyridine rings is 1. The van der Waals surface area contributed by atoms with Gasteiger partial charge in [-0.05, 0) is 73.4 Å². The summed E-state index contributed by atoms with van der Waals surface area (Å²) in [4.78, 5) is 15.7. The van der Waals surface area contributed by atoms with Crippen molar-refractivity contribution in [3.8, 4) is 16.8 Å². The third-order valence-corrected chi connectivity index (χ3v) is 7.62. The van der Waals surface area contributed by atoms with Gasteiger partial charge >= 0.3 is 0 Å². The molecule has 0 N–H and O–H groups in total. The molecule has 1 aliphatic heterocycles. The van der Waals surface area contributed by atoms with Gasteiger partial charge in [0.2, 0.25) is 0 Å². The molecular weight excluding hydrogens is 499 g/mol. The van der Waals surface area contributed by atoms with Crippen LogP contribution >= 0.6 is 34.8 Å². The molecule has 1 aromatic heterocycles. The quantitative estimate of drug-likeness (QED) is 0.270. The summed E-state index contributed by atoms with van der Waals surface area (Å²) >= 11 is 19.8. The molecule has 2 heterocycles. The number of rotatable bonds is 4. The van der Waals surface area contributed by atoms with Crippen LogP contribution in [0.5, 0.6) is 0 Å². The highest BCUT2D eigenvalue weighted by molar-refractivity contribution is 6.38. The molecular formula is C29H25Cl3N2O. The zero-order valence-electron chi connectivity index (χ0n) is 19.6. The van der Waals surface area contributed by atoms with Crippen LogP contribution in [0.3, 0.4) is 0 Å². The molecule has 1 aliphatic rings. The third kappa shape index (κ3) is 4.54. The van der Waals surface area contributed by atoms with Gasteiger partial charge in [-0.15, -0.1) is 0 Å². The fraction of sp³-hybridized carbons (Fsp3) is 0.207. The summed E-state index contributed by atoms with van der Waals surface area (Å²) in [6, 6.07) is 21.2. The van der Waals surface area contributed by atoms with E-state index in [-0.39, 0.29) is 5.56 Å². The maximum absolute atomic E-state index is 13.3. The van der Waals surface area contributed by atoms with E-state index in [2.05, 4.69) is 37.0 Å². The van der Waals surface area contributed by atoms with Crippen molar-refractivity contribution >= 4 is 51.3 Å². The van der Waals surface area contributed by atoms with Gasteiger partial charge in [-0.25, -0.2) is 0 Å². The van der Waals surface area contributed by atoms with Crippen LogP contribution in [-0.4, -0.2) is 28.6 Å². The van der Waals surface area contributed by atoms with Gasteiger partial charge < -0.3 is 0 Å². The van der Waals surface area contributed by atoms with Gasteiger partial charge in [0.15, 0.2) is 0 Å². The lowest BCUT2D eigenvalue weighted by atomic mass is 9.92. The molecule has 4 aromatic rings. The highest BCUT2D eigenvalue weighted by atomic mass is 35.5. The highest BCUT2D eigenvalue weighted by Gasteiger charge is 2.20. The summed E-state index contributed by atoms with van der Waals surface area (Å²) in [6.45, 7) is 6.32. The van der Waals surface area contributed by atoms with Crippen LogP contribution in [0, 0.1) is 0 Å². The van der Waals surface area contributed by atoms with Crippen molar-refractivity contribution in [1.82, 2.24) is 9.47 Å². The number of benzene rings is 3. The van der Waals surface area contributed by atoms with Crippen LogP contribution in [0.4, 0.5) is 0 Å². The molecule has 5 rings (SSSR count). The number of aromatic nitrogens is 1. The Hall–Kier alpha value is -2.56. The van der Waals surface area contributed by atoms with Crippen LogP contribution in [0.2, 0.25) is 15.1 Å². The van der Waals surface area contributed by atoms with Gasteiger partial charge in [-0.1, -0.05) is 65.1 Å². The number of halogens is 3. The Morgan fingerprint density at radius 3 is 2.20 bits per heavy atom. The molecule has 3 aromatic carbocycles. The molecule has 178 valence electrons. The summed E-state index contributed by atoms with van der Waals surface area (Å²) in [5.74, 6) is 0. The zero-order valence-corrected chi connectivity index (χ0v) is 21.8. The number of nitrogens with zero attached hydrogens (tertiary/aromatic N) is 2. The minimum atomic E-state index is -0.196. The summed E-state index contributed by atoms with van der Waals surface area (Å²) in [6.07, 6.45) is 3.21. The zero-order chi connectivity index (χ0) is 24.7. The minimum absolute atomic E-state index is 0.196. The van der Waals surface area contributed by atoms with Crippen LogP contribution in [0.25, 0.3) is 33.3 Å². The summed E-state index contributed by atoms with van der Waals surface area (Å²) < 4.78 is 1.62. The molecule has 0 radical (unpaired) electrons. The Morgan fingerprint density at radius 2 is 1.54 bits per heavy atom. The molecule has 0 unspecified atom stereocenters. The van der Waals surface area contributed by atoms with E-state index in [1.807, 2.05) is 30.3 Å². The lowest BCUT2D eigenvalue weighted by Gasteiger charge is -2.30. The Balaban J connectivity index is 1.83. The van der Waals surface area contributed by atoms with E-state index >= 15 is 0 Å². The molecule has 0 bridgehead atoms. The van der Waals surface area contributed by atoms with Crippen molar-refractivity contribution in [2.75, 3.05) is 13.1 Å². The third-order valence-electron chi connectivity index (χ3n) is 6.68. The van der Waals surface area contributed by atoms with Gasteiger partial charge in [0.1, 0.15) is 0 Å². The van der Waals surface area contributed by atoms with E-state index in [1.54, 1.807) is 28.8 Å². The number of hydrogen-bond acceptors (Lipinski definition) is 2. The molecule has 3 nitrogen and oxygen atoms in total. The van der Waals surface area contributed by atoms with Gasteiger partial charge in [-0.2, -0.15) is 0 Å². The predicted molar refractivity (Wildman–Crippen MR) is 149 cm³/mol. The fourth-order valence-electron chi connectivity index (χ4n) is 4.78. The Bertz CT molecular complexity index is 1500. The van der Waals surface area contributed by atoms with Crippen molar-refractivity contribution in [2.24, 2.45) is 0 Å². The average molecular weight is 524 g/mol. The fourth-order valence-corrected chi connectivity index (χ4v) is 5.59. The van der Waals surface area contributed by atoms with Crippen molar-refractivity contribution in [1.29, 1.82) is 0 Å². The van der Waals surface area contributed by atoms with Crippen molar-refractivity contribution in [3.63, 3.8) is 0 Å². The second kappa shape index (κ2) is 9.83. The summed E-state index contributed by atoms with van der Waals surface area (Å²) in [5.41, 5.74) is 5.23. The van der Waals surface area contributed by atoms with Crippen molar-refractivity contribution in [3.05, 3.63) is 104 Å². The van der Waals surface area contributed by atoms with E-state index in [0.29, 0.717) is 26.8 Å². The Kier molecular flexibility index (Phi) is 6.78. The minimum Gasteiger partial charge on any atom is -0.297 e. The van der Waals surface area contributed by atoms with Gasteiger partial charge in [-0.3, -0.25) is 14.3 Å². The average Bonchev–Trinajstić information content (AvgIpc) is 2.85. The number of fused-ring (bicyclic) bond motifs is 1. The first-order valence-electron chi connectivity index (χ1n) is 11.7. The molecule has 0 saturated heterocycles. The smallest absolute Gasteiger partial charge is 0.255 e. The maximum atomic E-state index is 13.3. The van der Waals surface area contributed by atoms with Crippen LogP contribution in [0.15, 0.2) is 77.6 Å². The van der Waals surface area contributed by atoms with E-state index in [4.69, 9.17) is 34.8 Å². The predicted octanol–water partition coefficient (Wildman–Crippen LogP) is 8.12. The summed E-state index contributed by atoms with van der Waals surface area (Å²) in [7, 11) is 0. The topological polar surface area (TPSA) is 25.2 Å². The van der Waals surface area contributed by atoms with Gasteiger partial charge in [0.25, 0.3) is 5.56 Å². The van der Waals surface area contributed by atoms with Crippen molar-refractivity contribution < 1.29 is 0 Å². The second-order valence-corrected chi connectivity index (χ2v) is 10.3.